The zero-order valence-corrected chi connectivity index (χ0v) is 10.7. The number of ether oxygens (including phenoxy) is 1. The molecule has 18 heavy (non-hydrogen) atoms. The second-order valence-electron chi connectivity index (χ2n) is 4.26. The molecule has 102 valence electrons. The molecule has 2 unspecified atom stereocenters. The standard InChI is InChI=1S/C12H18F2N2O2/c1-16(2)12(10(15)6-17)7-4-9(14)11(18-3)5-8(7)13/h4-5,10,12,17H,6,15H2,1-3H3. The van der Waals surface area contributed by atoms with E-state index in [1.54, 1.807) is 19.0 Å². The van der Waals surface area contributed by atoms with E-state index in [0.29, 0.717) is 0 Å². The van der Waals surface area contributed by atoms with Crippen LogP contribution in [0.1, 0.15) is 11.6 Å². The second kappa shape index (κ2) is 6.08. The molecule has 0 radical (unpaired) electrons. The van der Waals surface area contributed by atoms with Crippen molar-refractivity contribution in [1.82, 2.24) is 4.90 Å². The molecule has 1 rings (SSSR count). The van der Waals surface area contributed by atoms with E-state index in [-0.39, 0.29) is 17.9 Å². The van der Waals surface area contributed by atoms with Gasteiger partial charge in [-0.15, -0.1) is 0 Å². The highest BCUT2D eigenvalue weighted by molar-refractivity contribution is 5.33. The number of benzene rings is 1. The summed E-state index contributed by atoms with van der Waals surface area (Å²) in [6.45, 7) is -0.323. The summed E-state index contributed by atoms with van der Waals surface area (Å²) in [4.78, 5) is 1.63. The highest BCUT2D eigenvalue weighted by Crippen LogP contribution is 2.29. The Balaban J connectivity index is 3.24. The quantitative estimate of drug-likeness (QED) is 0.825. The summed E-state index contributed by atoms with van der Waals surface area (Å²) in [5.74, 6) is -1.44. The Morgan fingerprint density at radius 3 is 2.39 bits per heavy atom. The average Bonchev–Trinajstić information content (AvgIpc) is 2.32. The molecule has 0 aliphatic carbocycles. The van der Waals surface area contributed by atoms with Gasteiger partial charge in [0.1, 0.15) is 5.82 Å². The van der Waals surface area contributed by atoms with Crippen LogP contribution in [0.4, 0.5) is 8.78 Å². The topological polar surface area (TPSA) is 58.7 Å². The van der Waals surface area contributed by atoms with Gasteiger partial charge in [0.25, 0.3) is 0 Å². The number of nitrogens with two attached hydrogens (primary N) is 1. The van der Waals surface area contributed by atoms with Crippen LogP contribution < -0.4 is 10.5 Å². The fraction of sp³-hybridized carbons (Fsp3) is 0.500. The minimum Gasteiger partial charge on any atom is -0.494 e. The van der Waals surface area contributed by atoms with Crippen molar-refractivity contribution in [3.05, 3.63) is 29.3 Å². The van der Waals surface area contributed by atoms with Gasteiger partial charge in [0.05, 0.1) is 19.8 Å². The predicted octanol–water partition coefficient (Wildman–Crippen LogP) is 0.896. The van der Waals surface area contributed by atoms with Crippen molar-refractivity contribution < 1.29 is 18.6 Å². The van der Waals surface area contributed by atoms with Crippen molar-refractivity contribution in [3.63, 3.8) is 0 Å². The van der Waals surface area contributed by atoms with Gasteiger partial charge < -0.3 is 20.5 Å². The average molecular weight is 260 g/mol. The molecule has 0 bridgehead atoms. The third-order valence-electron chi connectivity index (χ3n) is 2.76. The van der Waals surface area contributed by atoms with Crippen LogP contribution in [0.2, 0.25) is 0 Å². The Labute approximate surface area is 105 Å². The predicted molar refractivity (Wildman–Crippen MR) is 64.4 cm³/mol. The van der Waals surface area contributed by atoms with Crippen LogP contribution in [0.3, 0.4) is 0 Å². The fourth-order valence-electron chi connectivity index (χ4n) is 1.92. The van der Waals surface area contributed by atoms with Crippen LogP contribution in [0, 0.1) is 11.6 Å². The number of nitrogens with zero attached hydrogens (tertiary/aromatic N) is 1. The van der Waals surface area contributed by atoms with Crippen LogP contribution in [-0.4, -0.2) is 43.9 Å². The Kier molecular flexibility index (Phi) is 5.01. The van der Waals surface area contributed by atoms with Gasteiger partial charge in [0.2, 0.25) is 0 Å². The summed E-state index contributed by atoms with van der Waals surface area (Å²) in [6, 6.07) is 0.706. The summed E-state index contributed by atoms with van der Waals surface area (Å²) < 4.78 is 32.2. The lowest BCUT2D eigenvalue weighted by Crippen LogP contribution is -2.40. The van der Waals surface area contributed by atoms with E-state index >= 15 is 0 Å². The van der Waals surface area contributed by atoms with Crippen molar-refractivity contribution in [1.29, 1.82) is 0 Å². The van der Waals surface area contributed by atoms with Crippen LogP contribution >= 0.6 is 0 Å². The number of aliphatic hydroxyl groups is 1. The van der Waals surface area contributed by atoms with E-state index in [2.05, 4.69) is 0 Å². The molecule has 0 saturated carbocycles. The third kappa shape index (κ3) is 2.95. The summed E-state index contributed by atoms with van der Waals surface area (Å²) in [5, 5.41) is 9.08. The lowest BCUT2D eigenvalue weighted by Gasteiger charge is -2.29. The molecule has 0 aromatic heterocycles. The maximum atomic E-state index is 13.9. The first kappa shape index (κ1) is 14.8. The zero-order valence-electron chi connectivity index (χ0n) is 10.7. The van der Waals surface area contributed by atoms with Crippen molar-refractivity contribution in [2.45, 2.75) is 12.1 Å². The maximum Gasteiger partial charge on any atom is 0.165 e. The molecule has 0 saturated heterocycles. The summed E-state index contributed by atoms with van der Waals surface area (Å²) in [5.41, 5.74) is 5.82. The highest BCUT2D eigenvalue weighted by atomic mass is 19.1. The van der Waals surface area contributed by atoms with Gasteiger partial charge in [0, 0.05) is 17.7 Å². The number of methoxy groups -OCH3 is 1. The molecular formula is C12H18F2N2O2. The molecule has 0 spiro atoms. The van der Waals surface area contributed by atoms with Gasteiger partial charge in [-0.05, 0) is 20.2 Å². The van der Waals surface area contributed by atoms with Crippen molar-refractivity contribution in [2.75, 3.05) is 27.8 Å². The molecule has 2 atom stereocenters. The Morgan fingerprint density at radius 1 is 1.33 bits per heavy atom. The van der Waals surface area contributed by atoms with E-state index in [9.17, 15) is 8.78 Å². The fourth-order valence-corrected chi connectivity index (χ4v) is 1.92. The van der Waals surface area contributed by atoms with Crippen LogP contribution in [0.5, 0.6) is 5.75 Å². The van der Waals surface area contributed by atoms with E-state index in [1.165, 1.54) is 7.11 Å². The van der Waals surface area contributed by atoms with Crippen LogP contribution in [0.25, 0.3) is 0 Å². The lowest BCUT2D eigenvalue weighted by atomic mass is 9.98. The van der Waals surface area contributed by atoms with Crippen molar-refractivity contribution in [3.8, 4) is 5.75 Å². The van der Waals surface area contributed by atoms with Gasteiger partial charge in [-0.2, -0.15) is 0 Å². The summed E-state index contributed by atoms with van der Waals surface area (Å²) in [6.07, 6.45) is 0. The molecule has 3 N–H and O–H groups in total. The Bertz CT molecular complexity index is 413. The Morgan fingerprint density at radius 2 is 1.94 bits per heavy atom. The number of rotatable bonds is 5. The first-order chi connectivity index (χ1) is 8.42. The summed E-state index contributed by atoms with van der Waals surface area (Å²) in [7, 11) is 4.63. The lowest BCUT2D eigenvalue weighted by molar-refractivity contribution is 0.178. The minimum absolute atomic E-state index is 0.0971. The van der Waals surface area contributed by atoms with E-state index in [4.69, 9.17) is 15.6 Å². The normalized spacial score (nSPS) is 14.7. The van der Waals surface area contributed by atoms with Gasteiger partial charge in [-0.1, -0.05) is 0 Å². The first-order valence-corrected chi connectivity index (χ1v) is 5.48. The number of likely N-dealkylation sites (N-methyl/N-ethyl adjacent to an activating group) is 1. The van der Waals surface area contributed by atoms with Crippen LogP contribution in [-0.2, 0) is 0 Å². The smallest absolute Gasteiger partial charge is 0.165 e. The molecule has 1 aromatic carbocycles. The summed E-state index contributed by atoms with van der Waals surface area (Å²) >= 11 is 0. The largest absolute Gasteiger partial charge is 0.494 e. The van der Waals surface area contributed by atoms with Crippen molar-refractivity contribution in [2.24, 2.45) is 5.73 Å². The molecule has 0 fully saturated rings. The number of halogens is 2. The number of aliphatic hydroxyl groups excluding tert-OH is 1. The van der Waals surface area contributed by atoms with Gasteiger partial charge in [-0.25, -0.2) is 8.78 Å². The van der Waals surface area contributed by atoms with Gasteiger partial charge in [-0.3, -0.25) is 0 Å². The Hall–Kier alpha value is -1.24. The molecule has 0 heterocycles. The maximum absolute atomic E-state index is 13.9. The number of hydrogen-bond donors (Lipinski definition) is 2. The monoisotopic (exact) mass is 260 g/mol. The zero-order chi connectivity index (χ0) is 13.9. The number of hydrogen-bond acceptors (Lipinski definition) is 4. The minimum atomic E-state index is -0.706. The van der Waals surface area contributed by atoms with Gasteiger partial charge >= 0.3 is 0 Å². The highest BCUT2D eigenvalue weighted by Gasteiger charge is 2.26. The third-order valence-corrected chi connectivity index (χ3v) is 2.76. The molecular weight excluding hydrogens is 242 g/mol. The molecule has 0 aliphatic rings. The van der Waals surface area contributed by atoms with Gasteiger partial charge in [0.15, 0.2) is 11.6 Å². The van der Waals surface area contributed by atoms with Crippen molar-refractivity contribution >= 4 is 0 Å². The molecule has 4 nitrogen and oxygen atoms in total. The first-order valence-electron chi connectivity index (χ1n) is 5.48. The van der Waals surface area contributed by atoms with E-state index < -0.39 is 23.7 Å². The SMILES string of the molecule is COc1cc(F)c(C(C(N)CO)N(C)C)cc1F. The van der Waals surface area contributed by atoms with Crippen LogP contribution in [0.15, 0.2) is 12.1 Å². The molecule has 6 heteroatoms. The molecule has 0 aliphatic heterocycles. The molecule has 1 aromatic rings. The van der Waals surface area contributed by atoms with E-state index in [0.717, 1.165) is 12.1 Å². The molecule has 0 amide bonds. The second-order valence-corrected chi connectivity index (χ2v) is 4.26. The van der Waals surface area contributed by atoms with E-state index in [1.807, 2.05) is 0 Å².